The molecule has 2 heterocycles. The zero-order valence-electron chi connectivity index (χ0n) is 12.4. The Balaban J connectivity index is 2.21. The summed E-state index contributed by atoms with van der Waals surface area (Å²) in [5, 5.41) is 3.41. The Morgan fingerprint density at radius 1 is 1.55 bits per heavy atom. The lowest BCUT2D eigenvalue weighted by Crippen LogP contribution is -2.50. The summed E-state index contributed by atoms with van der Waals surface area (Å²) in [4.78, 5) is 16.7. The lowest BCUT2D eigenvalue weighted by atomic mass is 9.94. The molecule has 110 valence electrons. The minimum absolute atomic E-state index is 0.00771. The number of pyridine rings is 1. The van der Waals surface area contributed by atoms with Crippen molar-refractivity contribution in [2.24, 2.45) is 0 Å². The molecule has 1 aliphatic heterocycles. The summed E-state index contributed by atoms with van der Waals surface area (Å²) < 4.78 is 5.54. The maximum Gasteiger partial charge on any atom is 0.251 e. The second kappa shape index (κ2) is 5.70. The number of rotatable bonds is 3. The summed E-state index contributed by atoms with van der Waals surface area (Å²) in [7, 11) is 0. The number of aromatic nitrogens is 1. The first-order valence-electron chi connectivity index (χ1n) is 6.93. The number of carbonyl (C=O) groups is 1. The van der Waals surface area contributed by atoms with Gasteiger partial charge in [0.05, 0.1) is 11.6 Å². The highest BCUT2D eigenvalue weighted by Gasteiger charge is 2.38. The first-order chi connectivity index (χ1) is 9.32. The van der Waals surface area contributed by atoms with Crippen molar-refractivity contribution in [2.75, 3.05) is 6.61 Å². The van der Waals surface area contributed by atoms with Crippen LogP contribution in [0.2, 0.25) is 5.15 Å². The van der Waals surface area contributed by atoms with Gasteiger partial charge in [0.2, 0.25) is 0 Å². The summed E-state index contributed by atoms with van der Waals surface area (Å²) in [6.45, 7) is 8.70. The lowest BCUT2D eigenvalue weighted by Gasteiger charge is -2.29. The number of hydrogen-bond acceptors (Lipinski definition) is 3. The van der Waals surface area contributed by atoms with E-state index in [4.69, 9.17) is 16.3 Å². The minimum atomic E-state index is -0.329. The fourth-order valence-corrected chi connectivity index (χ4v) is 2.49. The zero-order chi connectivity index (χ0) is 14.9. The predicted molar refractivity (Wildman–Crippen MR) is 79.2 cm³/mol. The molecule has 2 unspecified atom stereocenters. The standard InChI is InChI=1S/C15H21ClN2O2/c1-9(2)12-7-11(8-13(16)17-12)14(19)18-15(4)5-6-20-10(15)3/h7-10H,5-6H2,1-4H3,(H,18,19). The molecule has 1 aromatic heterocycles. The molecule has 2 rings (SSSR count). The van der Waals surface area contributed by atoms with Gasteiger partial charge in [-0.1, -0.05) is 25.4 Å². The number of nitrogens with one attached hydrogen (secondary N) is 1. The van der Waals surface area contributed by atoms with E-state index in [0.717, 1.165) is 12.1 Å². The number of nitrogens with zero attached hydrogens (tertiary/aromatic N) is 1. The van der Waals surface area contributed by atoms with Crippen molar-refractivity contribution < 1.29 is 9.53 Å². The van der Waals surface area contributed by atoms with Crippen molar-refractivity contribution in [3.05, 3.63) is 28.5 Å². The molecule has 1 aromatic rings. The van der Waals surface area contributed by atoms with Crippen LogP contribution in [0, 0.1) is 0 Å². The first-order valence-corrected chi connectivity index (χ1v) is 7.31. The van der Waals surface area contributed by atoms with Crippen LogP contribution in [-0.2, 0) is 4.74 Å². The van der Waals surface area contributed by atoms with Gasteiger partial charge in [0.15, 0.2) is 0 Å². The molecular formula is C15H21ClN2O2. The van der Waals surface area contributed by atoms with Gasteiger partial charge in [0, 0.05) is 17.9 Å². The van der Waals surface area contributed by atoms with Gasteiger partial charge < -0.3 is 10.1 Å². The molecule has 1 N–H and O–H groups in total. The zero-order valence-corrected chi connectivity index (χ0v) is 13.1. The van der Waals surface area contributed by atoms with E-state index < -0.39 is 0 Å². The van der Waals surface area contributed by atoms with Gasteiger partial charge >= 0.3 is 0 Å². The molecule has 0 spiro atoms. The average molecular weight is 297 g/mol. The van der Waals surface area contributed by atoms with Crippen LogP contribution in [0.1, 0.15) is 56.1 Å². The predicted octanol–water partition coefficient (Wildman–Crippen LogP) is 3.16. The topological polar surface area (TPSA) is 51.2 Å². The van der Waals surface area contributed by atoms with Crippen molar-refractivity contribution in [1.29, 1.82) is 0 Å². The van der Waals surface area contributed by atoms with E-state index >= 15 is 0 Å². The molecule has 0 bridgehead atoms. The van der Waals surface area contributed by atoms with Gasteiger partial charge in [-0.05, 0) is 38.3 Å². The Kier molecular flexibility index (Phi) is 4.35. The van der Waals surface area contributed by atoms with Crippen molar-refractivity contribution in [3.63, 3.8) is 0 Å². The van der Waals surface area contributed by atoms with E-state index in [0.29, 0.717) is 17.3 Å². The maximum absolute atomic E-state index is 12.4. The molecule has 20 heavy (non-hydrogen) atoms. The fourth-order valence-electron chi connectivity index (χ4n) is 2.27. The monoisotopic (exact) mass is 296 g/mol. The molecule has 1 fully saturated rings. The summed E-state index contributed by atoms with van der Waals surface area (Å²) in [6.07, 6.45) is 0.823. The van der Waals surface area contributed by atoms with Gasteiger partial charge in [0.25, 0.3) is 5.91 Å². The molecule has 5 heteroatoms. The number of amides is 1. The molecular weight excluding hydrogens is 276 g/mol. The van der Waals surface area contributed by atoms with Gasteiger partial charge in [-0.15, -0.1) is 0 Å². The largest absolute Gasteiger partial charge is 0.376 e. The van der Waals surface area contributed by atoms with Crippen LogP contribution in [0.5, 0.6) is 0 Å². The van der Waals surface area contributed by atoms with E-state index in [2.05, 4.69) is 10.3 Å². The summed E-state index contributed by atoms with van der Waals surface area (Å²) >= 11 is 6.00. The lowest BCUT2D eigenvalue weighted by molar-refractivity contribution is 0.0727. The van der Waals surface area contributed by atoms with Gasteiger partial charge in [-0.25, -0.2) is 4.98 Å². The maximum atomic E-state index is 12.4. The molecule has 4 nitrogen and oxygen atoms in total. The summed E-state index contributed by atoms with van der Waals surface area (Å²) in [5.74, 6) is 0.0978. The van der Waals surface area contributed by atoms with E-state index in [9.17, 15) is 4.79 Å². The molecule has 0 saturated carbocycles. The third-order valence-electron chi connectivity index (χ3n) is 3.95. The van der Waals surface area contributed by atoms with Crippen molar-refractivity contribution >= 4 is 17.5 Å². The van der Waals surface area contributed by atoms with Crippen molar-refractivity contribution in [2.45, 2.75) is 51.7 Å². The number of carbonyl (C=O) groups excluding carboxylic acids is 1. The summed E-state index contributed by atoms with van der Waals surface area (Å²) in [5.41, 5.74) is 1.04. The Bertz CT molecular complexity index is 519. The van der Waals surface area contributed by atoms with E-state index in [-0.39, 0.29) is 23.5 Å². The SMILES string of the molecule is CC(C)c1cc(C(=O)NC2(C)CCOC2C)cc(Cl)n1. The molecule has 0 aliphatic carbocycles. The highest BCUT2D eigenvalue weighted by molar-refractivity contribution is 6.29. The van der Waals surface area contributed by atoms with Crippen LogP contribution in [0.3, 0.4) is 0 Å². The van der Waals surface area contributed by atoms with Crippen LogP contribution in [0.4, 0.5) is 0 Å². The molecule has 1 saturated heterocycles. The average Bonchev–Trinajstić information content (AvgIpc) is 2.68. The molecule has 0 radical (unpaired) electrons. The normalized spacial score (nSPS) is 26.0. The quantitative estimate of drug-likeness (QED) is 0.872. The number of ether oxygens (including phenoxy) is 1. The first kappa shape index (κ1) is 15.3. The second-order valence-electron chi connectivity index (χ2n) is 5.89. The third-order valence-corrected chi connectivity index (χ3v) is 4.15. The molecule has 1 aliphatic rings. The van der Waals surface area contributed by atoms with Crippen LogP contribution >= 0.6 is 11.6 Å². The van der Waals surface area contributed by atoms with Crippen LogP contribution < -0.4 is 5.32 Å². The third kappa shape index (κ3) is 3.13. The smallest absolute Gasteiger partial charge is 0.251 e. The molecule has 0 aromatic carbocycles. The molecule has 1 amide bonds. The fraction of sp³-hybridized carbons (Fsp3) is 0.600. The second-order valence-corrected chi connectivity index (χ2v) is 6.28. The Hall–Kier alpha value is -1.13. The summed E-state index contributed by atoms with van der Waals surface area (Å²) in [6, 6.07) is 3.41. The van der Waals surface area contributed by atoms with E-state index in [1.54, 1.807) is 12.1 Å². The van der Waals surface area contributed by atoms with Gasteiger partial charge in [0.1, 0.15) is 5.15 Å². The number of hydrogen-bond donors (Lipinski definition) is 1. The Morgan fingerprint density at radius 3 is 2.80 bits per heavy atom. The van der Waals surface area contributed by atoms with Crippen LogP contribution in [0.25, 0.3) is 0 Å². The Labute approximate surface area is 124 Å². The van der Waals surface area contributed by atoms with Gasteiger partial charge in [-0.3, -0.25) is 4.79 Å². The van der Waals surface area contributed by atoms with Crippen molar-refractivity contribution in [1.82, 2.24) is 10.3 Å². The number of halogens is 1. The highest BCUT2D eigenvalue weighted by atomic mass is 35.5. The van der Waals surface area contributed by atoms with E-state index in [1.807, 2.05) is 27.7 Å². The van der Waals surface area contributed by atoms with Crippen LogP contribution in [-0.4, -0.2) is 29.1 Å². The minimum Gasteiger partial charge on any atom is -0.376 e. The highest BCUT2D eigenvalue weighted by Crippen LogP contribution is 2.26. The van der Waals surface area contributed by atoms with Gasteiger partial charge in [-0.2, -0.15) is 0 Å². The Morgan fingerprint density at radius 2 is 2.25 bits per heavy atom. The van der Waals surface area contributed by atoms with Crippen molar-refractivity contribution in [3.8, 4) is 0 Å². The molecule has 2 atom stereocenters. The van der Waals surface area contributed by atoms with E-state index in [1.165, 1.54) is 0 Å². The van der Waals surface area contributed by atoms with Crippen LogP contribution in [0.15, 0.2) is 12.1 Å².